The molecule has 0 bridgehead atoms. The Hall–Kier alpha value is -1.65. The number of hydrogen-bond acceptors (Lipinski definition) is 2. The minimum Gasteiger partial charge on any atom is -0.361 e. The SMILES string of the molecule is CNCC[C@H](c1cccc(F)c1)N1CC(C)(C)c2cccc(F)c21.Cl. The van der Waals surface area contributed by atoms with E-state index in [0.717, 1.165) is 24.1 Å². The van der Waals surface area contributed by atoms with Crippen molar-refractivity contribution >= 4 is 18.1 Å². The fourth-order valence-corrected chi connectivity index (χ4v) is 3.71. The van der Waals surface area contributed by atoms with Crippen LogP contribution >= 0.6 is 12.4 Å². The lowest BCUT2D eigenvalue weighted by molar-refractivity contribution is 0.492. The lowest BCUT2D eigenvalue weighted by Crippen LogP contribution is -2.34. The largest absolute Gasteiger partial charge is 0.361 e. The van der Waals surface area contributed by atoms with E-state index in [1.54, 1.807) is 18.2 Å². The molecule has 2 nitrogen and oxygen atoms in total. The predicted octanol–water partition coefficient (Wildman–Crippen LogP) is 4.84. The Morgan fingerprint density at radius 3 is 2.56 bits per heavy atom. The van der Waals surface area contributed by atoms with E-state index < -0.39 is 0 Å². The molecule has 1 N–H and O–H groups in total. The third-order valence-electron chi connectivity index (χ3n) is 4.85. The molecule has 5 heteroatoms. The van der Waals surface area contributed by atoms with E-state index in [-0.39, 0.29) is 35.5 Å². The number of anilines is 1. The van der Waals surface area contributed by atoms with Crippen LogP contribution in [0.3, 0.4) is 0 Å². The summed E-state index contributed by atoms with van der Waals surface area (Å²) in [5, 5.41) is 3.15. The minimum atomic E-state index is -0.255. The van der Waals surface area contributed by atoms with Crippen LogP contribution in [0.4, 0.5) is 14.5 Å². The first kappa shape index (κ1) is 19.7. The van der Waals surface area contributed by atoms with E-state index in [0.29, 0.717) is 12.2 Å². The first-order valence-corrected chi connectivity index (χ1v) is 8.40. The third kappa shape index (κ3) is 3.80. The fraction of sp³-hybridized carbons (Fsp3) is 0.400. The van der Waals surface area contributed by atoms with Crippen LogP contribution in [0.15, 0.2) is 42.5 Å². The van der Waals surface area contributed by atoms with Crippen LogP contribution < -0.4 is 10.2 Å². The summed E-state index contributed by atoms with van der Waals surface area (Å²) >= 11 is 0. The Balaban J connectivity index is 0.00000225. The summed E-state index contributed by atoms with van der Waals surface area (Å²) in [5.74, 6) is -0.460. The Labute approximate surface area is 154 Å². The van der Waals surface area contributed by atoms with Crippen LogP contribution in [0.2, 0.25) is 0 Å². The second-order valence-electron chi connectivity index (χ2n) is 7.11. The summed E-state index contributed by atoms with van der Waals surface area (Å²) < 4.78 is 28.4. The van der Waals surface area contributed by atoms with Gasteiger partial charge in [0.2, 0.25) is 0 Å². The molecule has 1 aliphatic heterocycles. The second kappa shape index (κ2) is 7.71. The molecule has 1 heterocycles. The van der Waals surface area contributed by atoms with E-state index in [9.17, 15) is 8.78 Å². The highest BCUT2D eigenvalue weighted by molar-refractivity contribution is 5.85. The molecule has 2 aromatic carbocycles. The maximum atomic E-state index is 14.6. The Morgan fingerprint density at radius 2 is 1.88 bits per heavy atom. The highest BCUT2D eigenvalue weighted by Gasteiger charge is 2.40. The van der Waals surface area contributed by atoms with Crippen LogP contribution in [0.5, 0.6) is 0 Å². The van der Waals surface area contributed by atoms with Gasteiger partial charge in [-0.05, 0) is 49.3 Å². The Morgan fingerprint density at radius 1 is 1.16 bits per heavy atom. The average Bonchev–Trinajstić information content (AvgIpc) is 2.81. The molecule has 3 rings (SSSR count). The molecule has 0 amide bonds. The second-order valence-corrected chi connectivity index (χ2v) is 7.11. The molecular weight excluding hydrogens is 342 g/mol. The number of nitrogens with zero attached hydrogens (tertiary/aromatic N) is 1. The van der Waals surface area contributed by atoms with Gasteiger partial charge in [-0.3, -0.25) is 0 Å². The summed E-state index contributed by atoms with van der Waals surface area (Å²) in [6.45, 7) is 5.76. The van der Waals surface area contributed by atoms with Gasteiger partial charge in [-0.1, -0.05) is 38.1 Å². The normalized spacial score (nSPS) is 16.3. The van der Waals surface area contributed by atoms with Crippen LogP contribution in [0.25, 0.3) is 0 Å². The fourth-order valence-electron chi connectivity index (χ4n) is 3.71. The van der Waals surface area contributed by atoms with E-state index in [1.807, 2.05) is 19.2 Å². The number of nitrogens with one attached hydrogen (secondary N) is 1. The van der Waals surface area contributed by atoms with Gasteiger partial charge in [0.05, 0.1) is 11.7 Å². The first-order chi connectivity index (χ1) is 11.4. The number of benzene rings is 2. The molecule has 2 aromatic rings. The Bertz CT molecular complexity index is 733. The molecule has 0 unspecified atom stereocenters. The highest BCUT2D eigenvalue weighted by Crippen LogP contribution is 2.46. The maximum absolute atomic E-state index is 14.6. The van der Waals surface area contributed by atoms with Crippen molar-refractivity contribution in [3.63, 3.8) is 0 Å². The van der Waals surface area contributed by atoms with Crippen LogP contribution in [0, 0.1) is 11.6 Å². The van der Waals surface area contributed by atoms with Crippen molar-refractivity contribution < 1.29 is 8.78 Å². The van der Waals surface area contributed by atoms with Gasteiger partial charge >= 0.3 is 0 Å². The third-order valence-corrected chi connectivity index (χ3v) is 4.85. The van der Waals surface area contributed by atoms with Gasteiger partial charge in [-0.25, -0.2) is 8.78 Å². The van der Waals surface area contributed by atoms with E-state index in [1.165, 1.54) is 12.1 Å². The summed E-state index contributed by atoms with van der Waals surface area (Å²) in [7, 11) is 1.89. The topological polar surface area (TPSA) is 15.3 Å². The minimum absolute atomic E-state index is 0. The first-order valence-electron chi connectivity index (χ1n) is 8.40. The van der Waals surface area contributed by atoms with Gasteiger partial charge in [-0.2, -0.15) is 0 Å². The van der Waals surface area contributed by atoms with Gasteiger partial charge in [0.1, 0.15) is 11.6 Å². The summed E-state index contributed by atoms with van der Waals surface area (Å²) in [6, 6.07) is 11.9. The molecule has 0 radical (unpaired) electrons. The zero-order chi connectivity index (χ0) is 17.3. The van der Waals surface area contributed by atoms with Crippen molar-refractivity contribution in [1.82, 2.24) is 5.32 Å². The molecule has 1 aliphatic rings. The molecule has 0 aliphatic carbocycles. The quantitative estimate of drug-likeness (QED) is 0.814. The number of hydrogen-bond donors (Lipinski definition) is 1. The molecule has 136 valence electrons. The summed E-state index contributed by atoms with van der Waals surface area (Å²) in [6.07, 6.45) is 0.782. The predicted molar refractivity (Wildman–Crippen MR) is 102 cm³/mol. The summed E-state index contributed by atoms with van der Waals surface area (Å²) in [5.41, 5.74) is 2.43. The molecule has 0 saturated carbocycles. The van der Waals surface area contributed by atoms with Gasteiger partial charge < -0.3 is 10.2 Å². The van der Waals surface area contributed by atoms with Crippen LogP contribution in [-0.4, -0.2) is 20.1 Å². The van der Waals surface area contributed by atoms with Crippen molar-refractivity contribution in [3.05, 3.63) is 65.2 Å². The lowest BCUT2D eigenvalue weighted by atomic mass is 9.87. The molecular formula is C20H25ClF2N2. The van der Waals surface area contributed by atoms with E-state index >= 15 is 0 Å². The zero-order valence-electron chi connectivity index (χ0n) is 14.9. The van der Waals surface area contributed by atoms with Crippen LogP contribution in [0.1, 0.15) is 37.4 Å². The van der Waals surface area contributed by atoms with Crippen molar-refractivity contribution in [2.24, 2.45) is 0 Å². The number of rotatable bonds is 5. The molecule has 0 saturated heterocycles. The van der Waals surface area contributed by atoms with Gasteiger partial charge in [-0.15, -0.1) is 12.4 Å². The average molecular weight is 367 g/mol. The molecule has 1 atom stereocenters. The maximum Gasteiger partial charge on any atom is 0.146 e. The van der Waals surface area contributed by atoms with Gasteiger partial charge in [0.15, 0.2) is 0 Å². The standard InChI is InChI=1S/C20H24F2N2.ClH/c1-20(2)13-24(19-16(20)8-5-9-17(19)22)18(10-11-23-3)14-6-4-7-15(21)12-14;/h4-9,12,18,23H,10-11,13H2,1-3H3;1H/t18-;/m1./s1. The van der Waals surface area contributed by atoms with Crippen molar-refractivity contribution in [2.75, 3.05) is 25.0 Å². The number of fused-ring (bicyclic) bond motifs is 1. The van der Waals surface area contributed by atoms with Gasteiger partial charge in [0, 0.05) is 12.0 Å². The molecule has 0 fully saturated rings. The summed E-state index contributed by atoms with van der Waals surface area (Å²) in [4.78, 5) is 2.11. The zero-order valence-corrected chi connectivity index (χ0v) is 15.7. The van der Waals surface area contributed by atoms with Crippen LogP contribution in [-0.2, 0) is 5.41 Å². The molecule has 25 heavy (non-hydrogen) atoms. The lowest BCUT2D eigenvalue weighted by Gasteiger charge is -2.32. The number of para-hydroxylation sites is 1. The van der Waals surface area contributed by atoms with Crippen molar-refractivity contribution in [3.8, 4) is 0 Å². The smallest absolute Gasteiger partial charge is 0.146 e. The van der Waals surface area contributed by atoms with Gasteiger partial charge in [0.25, 0.3) is 0 Å². The monoisotopic (exact) mass is 366 g/mol. The Kier molecular flexibility index (Phi) is 6.07. The number of halogens is 3. The van der Waals surface area contributed by atoms with E-state index in [2.05, 4.69) is 24.1 Å². The van der Waals surface area contributed by atoms with Crippen molar-refractivity contribution in [2.45, 2.75) is 31.7 Å². The molecule has 0 aromatic heterocycles. The van der Waals surface area contributed by atoms with E-state index in [4.69, 9.17) is 0 Å². The van der Waals surface area contributed by atoms with Crippen molar-refractivity contribution in [1.29, 1.82) is 0 Å². The molecule has 0 spiro atoms. The highest BCUT2D eigenvalue weighted by atomic mass is 35.5.